The number of sulfonamides is 1. The van der Waals surface area contributed by atoms with E-state index < -0.39 is 27.4 Å². The van der Waals surface area contributed by atoms with Crippen molar-refractivity contribution in [1.82, 2.24) is 9.62 Å². The third-order valence-electron chi connectivity index (χ3n) is 4.15. The summed E-state index contributed by atoms with van der Waals surface area (Å²) in [4.78, 5) is 25.5. The number of carbonyl (C=O) groups is 2. The molecule has 8 heteroatoms. The summed E-state index contributed by atoms with van der Waals surface area (Å²) in [6.45, 7) is 7.83. The number of amides is 1. The van der Waals surface area contributed by atoms with Gasteiger partial charge in [-0.25, -0.2) is 13.1 Å². The molecule has 1 fully saturated rings. The molecule has 1 heterocycles. The van der Waals surface area contributed by atoms with Gasteiger partial charge >= 0.3 is 5.97 Å². The van der Waals surface area contributed by atoms with Crippen molar-refractivity contribution in [3.05, 3.63) is 29.8 Å². The number of benzene rings is 1. The summed E-state index contributed by atoms with van der Waals surface area (Å²) in [5.74, 6) is -1.65. The van der Waals surface area contributed by atoms with Gasteiger partial charge in [0.15, 0.2) is 0 Å². The van der Waals surface area contributed by atoms with Crippen LogP contribution < -0.4 is 4.72 Å². The summed E-state index contributed by atoms with van der Waals surface area (Å²) < 4.78 is 27.2. The number of hydrogen-bond donors (Lipinski definition) is 2. The van der Waals surface area contributed by atoms with E-state index in [1.807, 2.05) is 6.92 Å². The van der Waals surface area contributed by atoms with Crippen molar-refractivity contribution in [2.45, 2.75) is 44.6 Å². The van der Waals surface area contributed by atoms with E-state index in [0.29, 0.717) is 18.5 Å². The highest BCUT2D eigenvalue weighted by molar-refractivity contribution is 7.89. The van der Waals surface area contributed by atoms with E-state index in [1.165, 1.54) is 29.2 Å². The fourth-order valence-electron chi connectivity index (χ4n) is 3.12. The standard InChI is InChI=1S/C18H26N2O5S/c1-12-9-14(17(22)23)11-20(10-12)16(21)13-5-7-15(8-6-13)26(24,25)19-18(2,3)4/h5-8,12,14,19H,9-11H2,1-4H3,(H,22,23). The Labute approximate surface area is 154 Å². The van der Waals surface area contributed by atoms with Crippen molar-refractivity contribution in [2.24, 2.45) is 11.8 Å². The lowest BCUT2D eigenvalue weighted by Crippen LogP contribution is -2.45. The maximum Gasteiger partial charge on any atom is 0.308 e. The van der Waals surface area contributed by atoms with Crippen LogP contribution in [0.1, 0.15) is 44.5 Å². The molecule has 1 aromatic rings. The van der Waals surface area contributed by atoms with E-state index in [9.17, 15) is 23.1 Å². The van der Waals surface area contributed by atoms with Gasteiger partial charge in [-0.15, -0.1) is 0 Å². The Hall–Kier alpha value is -1.93. The molecule has 2 atom stereocenters. The van der Waals surface area contributed by atoms with E-state index in [2.05, 4.69) is 4.72 Å². The highest BCUT2D eigenvalue weighted by atomic mass is 32.2. The van der Waals surface area contributed by atoms with Gasteiger partial charge in [0, 0.05) is 24.2 Å². The minimum Gasteiger partial charge on any atom is -0.481 e. The number of carbonyl (C=O) groups excluding carboxylic acids is 1. The highest BCUT2D eigenvalue weighted by Crippen LogP contribution is 2.24. The summed E-state index contributed by atoms with van der Waals surface area (Å²) in [5.41, 5.74) is -0.263. The first kappa shape index (κ1) is 20.4. The first-order valence-corrected chi connectivity index (χ1v) is 10.0. The molecule has 1 aliphatic rings. The van der Waals surface area contributed by atoms with Crippen molar-refractivity contribution in [3.63, 3.8) is 0 Å². The molecule has 0 aromatic heterocycles. The summed E-state index contributed by atoms with van der Waals surface area (Å²) in [6.07, 6.45) is 0.550. The molecule has 2 N–H and O–H groups in total. The van der Waals surface area contributed by atoms with E-state index in [1.54, 1.807) is 20.8 Å². The lowest BCUT2D eigenvalue weighted by Gasteiger charge is -2.34. The number of piperidine rings is 1. The highest BCUT2D eigenvalue weighted by Gasteiger charge is 2.32. The van der Waals surface area contributed by atoms with Crippen LogP contribution in [-0.2, 0) is 14.8 Å². The van der Waals surface area contributed by atoms with Crippen molar-refractivity contribution in [2.75, 3.05) is 13.1 Å². The maximum absolute atomic E-state index is 12.7. The van der Waals surface area contributed by atoms with Crippen LogP contribution in [0.15, 0.2) is 29.2 Å². The number of rotatable bonds is 4. The monoisotopic (exact) mass is 382 g/mol. The molecule has 0 spiro atoms. The summed E-state index contributed by atoms with van der Waals surface area (Å²) in [5, 5.41) is 9.23. The third-order valence-corrected chi connectivity index (χ3v) is 5.92. The predicted octanol–water partition coefficient (Wildman–Crippen LogP) is 1.95. The minimum atomic E-state index is -3.67. The summed E-state index contributed by atoms with van der Waals surface area (Å²) in [6, 6.07) is 5.72. The Morgan fingerprint density at radius 2 is 1.73 bits per heavy atom. The van der Waals surface area contributed by atoms with Gasteiger partial charge in [0.1, 0.15) is 0 Å². The van der Waals surface area contributed by atoms with Crippen LogP contribution in [-0.4, -0.2) is 48.9 Å². The van der Waals surface area contributed by atoms with Crippen molar-refractivity contribution >= 4 is 21.9 Å². The second-order valence-corrected chi connectivity index (χ2v) is 9.65. The molecule has 1 saturated heterocycles. The lowest BCUT2D eigenvalue weighted by molar-refractivity contribution is -0.143. The van der Waals surface area contributed by atoms with Crippen LogP contribution in [0.4, 0.5) is 0 Å². The molecule has 1 amide bonds. The number of hydrogen-bond acceptors (Lipinski definition) is 4. The maximum atomic E-state index is 12.7. The van der Waals surface area contributed by atoms with Gasteiger partial charge in [0.2, 0.25) is 10.0 Å². The molecular formula is C18H26N2O5S. The van der Waals surface area contributed by atoms with E-state index in [4.69, 9.17) is 0 Å². The fraction of sp³-hybridized carbons (Fsp3) is 0.556. The average molecular weight is 382 g/mol. The number of nitrogens with zero attached hydrogens (tertiary/aromatic N) is 1. The van der Waals surface area contributed by atoms with Crippen LogP contribution in [0.2, 0.25) is 0 Å². The van der Waals surface area contributed by atoms with Crippen LogP contribution >= 0.6 is 0 Å². The van der Waals surface area contributed by atoms with E-state index in [-0.39, 0.29) is 23.3 Å². The van der Waals surface area contributed by atoms with E-state index >= 15 is 0 Å². The zero-order valence-corrected chi connectivity index (χ0v) is 16.3. The minimum absolute atomic E-state index is 0.0828. The first-order valence-electron chi connectivity index (χ1n) is 8.55. The van der Waals surface area contributed by atoms with Gasteiger partial charge in [0.05, 0.1) is 10.8 Å². The quantitative estimate of drug-likeness (QED) is 0.828. The van der Waals surface area contributed by atoms with Gasteiger partial charge < -0.3 is 10.0 Å². The summed E-state index contributed by atoms with van der Waals surface area (Å²) >= 11 is 0. The number of nitrogens with one attached hydrogen (secondary N) is 1. The molecule has 1 aromatic carbocycles. The van der Waals surface area contributed by atoms with Crippen molar-refractivity contribution < 1.29 is 23.1 Å². The van der Waals surface area contributed by atoms with Crippen LogP contribution in [0, 0.1) is 11.8 Å². The molecule has 2 unspecified atom stereocenters. The second kappa shape index (κ2) is 7.36. The van der Waals surface area contributed by atoms with Crippen LogP contribution in [0.3, 0.4) is 0 Å². The third kappa shape index (κ3) is 5.04. The van der Waals surface area contributed by atoms with Crippen molar-refractivity contribution in [3.8, 4) is 0 Å². The number of carboxylic acid groups (broad SMARTS) is 1. The summed E-state index contributed by atoms with van der Waals surface area (Å²) in [7, 11) is -3.67. The van der Waals surface area contributed by atoms with Gasteiger partial charge in [-0.2, -0.15) is 0 Å². The zero-order chi connectivity index (χ0) is 19.7. The molecule has 144 valence electrons. The lowest BCUT2D eigenvalue weighted by atomic mass is 9.90. The molecule has 1 aliphatic heterocycles. The Bertz CT molecular complexity index is 781. The average Bonchev–Trinajstić information content (AvgIpc) is 2.51. The molecule has 26 heavy (non-hydrogen) atoms. The Morgan fingerprint density at radius 3 is 2.23 bits per heavy atom. The SMILES string of the molecule is CC1CC(C(=O)O)CN(C(=O)c2ccc(S(=O)(=O)NC(C)(C)C)cc2)C1. The molecule has 0 bridgehead atoms. The molecule has 0 saturated carbocycles. The van der Waals surface area contributed by atoms with Gasteiger partial charge in [-0.1, -0.05) is 6.92 Å². The van der Waals surface area contributed by atoms with Gasteiger partial charge in [-0.3, -0.25) is 9.59 Å². The fourth-order valence-corrected chi connectivity index (χ4v) is 4.54. The second-order valence-electron chi connectivity index (χ2n) is 7.97. The largest absolute Gasteiger partial charge is 0.481 e. The number of carboxylic acids is 1. The molecule has 0 aliphatic carbocycles. The number of likely N-dealkylation sites (tertiary alicyclic amines) is 1. The van der Waals surface area contributed by atoms with Gasteiger partial charge in [-0.05, 0) is 57.4 Å². The Balaban J connectivity index is 2.17. The first-order chi connectivity index (χ1) is 11.9. The Kier molecular flexibility index (Phi) is 5.77. The zero-order valence-electron chi connectivity index (χ0n) is 15.5. The van der Waals surface area contributed by atoms with Crippen molar-refractivity contribution in [1.29, 1.82) is 0 Å². The smallest absolute Gasteiger partial charge is 0.308 e. The van der Waals surface area contributed by atoms with Crippen LogP contribution in [0.5, 0.6) is 0 Å². The van der Waals surface area contributed by atoms with Crippen LogP contribution in [0.25, 0.3) is 0 Å². The Morgan fingerprint density at radius 1 is 1.15 bits per heavy atom. The normalized spacial score (nSPS) is 21.5. The molecule has 0 radical (unpaired) electrons. The topological polar surface area (TPSA) is 104 Å². The van der Waals surface area contributed by atoms with Gasteiger partial charge in [0.25, 0.3) is 5.91 Å². The molecule has 2 rings (SSSR count). The predicted molar refractivity (Wildman–Crippen MR) is 97.3 cm³/mol. The van der Waals surface area contributed by atoms with E-state index in [0.717, 1.165) is 0 Å². The number of aliphatic carboxylic acids is 1. The molecular weight excluding hydrogens is 356 g/mol. The molecule has 7 nitrogen and oxygen atoms in total.